The van der Waals surface area contributed by atoms with Crippen molar-refractivity contribution in [2.75, 3.05) is 24.3 Å². The Hall–Kier alpha value is -1.28. The molecule has 4 nitrogen and oxygen atoms in total. The van der Waals surface area contributed by atoms with Crippen LogP contribution in [0.5, 0.6) is 0 Å². The Morgan fingerprint density at radius 3 is 2.68 bits per heavy atom. The Morgan fingerprint density at radius 2 is 2.11 bits per heavy atom. The second kappa shape index (κ2) is 6.76. The maximum atomic E-state index is 11.8. The molecule has 0 saturated heterocycles. The van der Waals surface area contributed by atoms with E-state index >= 15 is 0 Å². The second-order valence-electron chi connectivity index (χ2n) is 3.71. The Kier molecular flexibility index (Phi) is 5.61. The van der Waals surface area contributed by atoms with Crippen molar-refractivity contribution in [3.63, 3.8) is 0 Å². The molecule has 1 aromatic rings. The van der Waals surface area contributed by atoms with Gasteiger partial charge in [0.2, 0.25) is 5.91 Å². The first kappa shape index (κ1) is 15.8. The van der Waals surface area contributed by atoms with Crippen molar-refractivity contribution in [1.29, 1.82) is 0 Å². The molecule has 0 aliphatic heterocycles. The van der Waals surface area contributed by atoms with E-state index in [9.17, 15) is 18.0 Å². The lowest BCUT2D eigenvalue weighted by Gasteiger charge is -2.09. The third-order valence-electron chi connectivity index (χ3n) is 2.03. The molecule has 0 unspecified atom stereocenters. The van der Waals surface area contributed by atoms with Crippen LogP contribution in [0.15, 0.2) is 22.7 Å². The summed E-state index contributed by atoms with van der Waals surface area (Å²) >= 11 is 3.20. The summed E-state index contributed by atoms with van der Waals surface area (Å²) in [4.78, 5) is 11.4. The van der Waals surface area contributed by atoms with Crippen LogP contribution in [0, 0.1) is 0 Å². The molecule has 0 saturated carbocycles. The van der Waals surface area contributed by atoms with E-state index in [4.69, 9.17) is 5.73 Å². The van der Waals surface area contributed by atoms with Gasteiger partial charge in [0.25, 0.3) is 0 Å². The molecule has 0 aliphatic rings. The van der Waals surface area contributed by atoms with Crippen LogP contribution in [-0.2, 0) is 9.53 Å². The summed E-state index contributed by atoms with van der Waals surface area (Å²) in [6, 6.07) is 4.76. The Balaban J connectivity index is 2.35. The highest BCUT2D eigenvalue weighted by Gasteiger charge is 2.26. The first-order valence-electron chi connectivity index (χ1n) is 5.27. The topological polar surface area (TPSA) is 64.3 Å². The van der Waals surface area contributed by atoms with Crippen molar-refractivity contribution >= 4 is 33.2 Å². The van der Waals surface area contributed by atoms with E-state index in [1.54, 1.807) is 18.2 Å². The number of nitrogens with one attached hydrogen (secondary N) is 1. The molecule has 1 aromatic carbocycles. The molecule has 19 heavy (non-hydrogen) atoms. The van der Waals surface area contributed by atoms with Crippen molar-refractivity contribution in [2.24, 2.45) is 0 Å². The fraction of sp³-hybridized carbons (Fsp3) is 0.364. The summed E-state index contributed by atoms with van der Waals surface area (Å²) < 4.78 is 40.7. The SMILES string of the molecule is Nc1ccc(NC(=O)COCCC(F)(F)F)c(Br)c1. The summed E-state index contributed by atoms with van der Waals surface area (Å²) in [6.07, 6.45) is -5.36. The number of carbonyl (C=O) groups excluding carboxylic acids is 1. The first-order chi connectivity index (χ1) is 8.78. The van der Waals surface area contributed by atoms with Crippen LogP contribution in [0.3, 0.4) is 0 Å². The fourth-order valence-corrected chi connectivity index (χ4v) is 1.67. The van der Waals surface area contributed by atoms with Crippen molar-refractivity contribution in [3.8, 4) is 0 Å². The van der Waals surface area contributed by atoms with Gasteiger partial charge in [-0.1, -0.05) is 0 Å². The summed E-state index contributed by atoms with van der Waals surface area (Å²) in [5.74, 6) is -0.535. The minimum Gasteiger partial charge on any atom is -0.399 e. The molecule has 3 N–H and O–H groups in total. The van der Waals surface area contributed by atoms with Gasteiger partial charge in [0.15, 0.2) is 0 Å². The molecule has 0 heterocycles. The third kappa shape index (κ3) is 6.44. The zero-order valence-corrected chi connectivity index (χ0v) is 11.3. The van der Waals surface area contributed by atoms with E-state index in [0.29, 0.717) is 15.8 Å². The van der Waals surface area contributed by atoms with Gasteiger partial charge in [-0.15, -0.1) is 0 Å². The number of hydrogen-bond acceptors (Lipinski definition) is 3. The van der Waals surface area contributed by atoms with Crippen LogP contribution >= 0.6 is 15.9 Å². The molecule has 1 rings (SSSR count). The van der Waals surface area contributed by atoms with Gasteiger partial charge in [-0.3, -0.25) is 4.79 Å². The average Bonchev–Trinajstić information content (AvgIpc) is 2.27. The van der Waals surface area contributed by atoms with Crippen molar-refractivity contribution in [2.45, 2.75) is 12.6 Å². The minimum atomic E-state index is -4.28. The monoisotopic (exact) mass is 340 g/mol. The number of hydrogen-bond donors (Lipinski definition) is 2. The molecular formula is C11H12BrF3N2O2. The van der Waals surface area contributed by atoms with Crippen LogP contribution in [0.4, 0.5) is 24.5 Å². The standard InChI is InChI=1S/C11H12BrF3N2O2/c12-8-5-7(16)1-2-9(8)17-10(18)6-19-4-3-11(13,14)15/h1-2,5H,3-4,6,16H2,(H,17,18). The number of rotatable bonds is 5. The van der Waals surface area contributed by atoms with E-state index in [1.165, 1.54) is 0 Å². The number of halogens is 4. The maximum Gasteiger partial charge on any atom is 0.391 e. The quantitative estimate of drug-likeness (QED) is 0.639. The van der Waals surface area contributed by atoms with Crippen LogP contribution in [-0.4, -0.2) is 25.3 Å². The van der Waals surface area contributed by atoms with E-state index < -0.39 is 31.7 Å². The number of amides is 1. The van der Waals surface area contributed by atoms with Gasteiger partial charge in [-0.05, 0) is 34.1 Å². The van der Waals surface area contributed by atoms with E-state index in [0.717, 1.165) is 0 Å². The molecule has 0 radical (unpaired) electrons. The highest BCUT2D eigenvalue weighted by atomic mass is 79.9. The van der Waals surface area contributed by atoms with Gasteiger partial charge in [0.1, 0.15) is 6.61 Å². The number of ether oxygens (including phenoxy) is 1. The van der Waals surface area contributed by atoms with Crippen molar-refractivity contribution in [1.82, 2.24) is 0 Å². The molecule has 8 heteroatoms. The normalized spacial score (nSPS) is 11.4. The van der Waals surface area contributed by atoms with Crippen molar-refractivity contribution < 1.29 is 22.7 Å². The summed E-state index contributed by atoms with van der Waals surface area (Å²) in [5.41, 5.74) is 6.51. The second-order valence-corrected chi connectivity index (χ2v) is 4.56. The molecular weight excluding hydrogens is 329 g/mol. The lowest BCUT2D eigenvalue weighted by Crippen LogP contribution is -2.20. The molecule has 106 valence electrons. The summed E-state index contributed by atoms with van der Waals surface area (Å²) in [6.45, 7) is -0.979. The lowest BCUT2D eigenvalue weighted by atomic mass is 10.3. The summed E-state index contributed by atoms with van der Waals surface area (Å²) in [5, 5.41) is 2.49. The average molecular weight is 341 g/mol. The maximum absolute atomic E-state index is 11.8. The number of anilines is 2. The van der Waals surface area contributed by atoms with Gasteiger partial charge < -0.3 is 15.8 Å². The van der Waals surface area contributed by atoms with Crippen molar-refractivity contribution in [3.05, 3.63) is 22.7 Å². The molecule has 1 amide bonds. The number of nitrogens with two attached hydrogens (primary N) is 1. The molecule has 0 atom stereocenters. The Bertz CT molecular complexity index is 452. The van der Waals surface area contributed by atoms with Gasteiger partial charge in [0.05, 0.1) is 18.7 Å². The highest BCUT2D eigenvalue weighted by Crippen LogP contribution is 2.24. The van der Waals surface area contributed by atoms with E-state index in [-0.39, 0.29) is 0 Å². The van der Waals surface area contributed by atoms with Gasteiger partial charge >= 0.3 is 6.18 Å². The minimum absolute atomic E-state index is 0.438. The van der Waals surface area contributed by atoms with Crippen LogP contribution in [0.25, 0.3) is 0 Å². The zero-order chi connectivity index (χ0) is 14.5. The smallest absolute Gasteiger partial charge is 0.391 e. The fourth-order valence-electron chi connectivity index (χ4n) is 1.17. The third-order valence-corrected chi connectivity index (χ3v) is 2.69. The van der Waals surface area contributed by atoms with Crippen LogP contribution in [0.1, 0.15) is 6.42 Å². The first-order valence-corrected chi connectivity index (χ1v) is 6.06. The van der Waals surface area contributed by atoms with E-state index in [2.05, 4.69) is 26.0 Å². The predicted octanol–water partition coefficient (Wildman–Crippen LogP) is 2.94. The van der Waals surface area contributed by atoms with Crippen LogP contribution < -0.4 is 11.1 Å². The Morgan fingerprint density at radius 1 is 1.42 bits per heavy atom. The Labute approximate surface area is 116 Å². The molecule has 0 fully saturated rings. The largest absolute Gasteiger partial charge is 0.399 e. The summed E-state index contributed by atoms with van der Waals surface area (Å²) in [7, 11) is 0. The lowest BCUT2D eigenvalue weighted by molar-refractivity contribution is -0.147. The van der Waals surface area contributed by atoms with Gasteiger partial charge in [-0.2, -0.15) is 13.2 Å². The van der Waals surface area contributed by atoms with Gasteiger partial charge in [-0.25, -0.2) is 0 Å². The number of benzene rings is 1. The number of nitrogen functional groups attached to an aromatic ring is 1. The number of carbonyl (C=O) groups is 1. The molecule has 0 aliphatic carbocycles. The zero-order valence-electron chi connectivity index (χ0n) is 9.76. The van der Waals surface area contributed by atoms with Crippen LogP contribution in [0.2, 0.25) is 0 Å². The molecule has 0 spiro atoms. The molecule has 0 bridgehead atoms. The highest BCUT2D eigenvalue weighted by molar-refractivity contribution is 9.10. The number of alkyl halides is 3. The van der Waals surface area contributed by atoms with Gasteiger partial charge in [0, 0.05) is 10.2 Å². The molecule has 0 aromatic heterocycles. The predicted molar refractivity (Wildman–Crippen MR) is 68.7 cm³/mol. The van der Waals surface area contributed by atoms with E-state index in [1.807, 2.05) is 0 Å².